The van der Waals surface area contributed by atoms with Crippen LogP contribution >= 0.6 is 0 Å². The maximum Gasteiger partial charge on any atom is 0.240 e. The van der Waals surface area contributed by atoms with Gasteiger partial charge in [-0.25, -0.2) is 0 Å². The van der Waals surface area contributed by atoms with Crippen LogP contribution in [0.1, 0.15) is 32.1 Å². The van der Waals surface area contributed by atoms with Gasteiger partial charge in [0.15, 0.2) is 0 Å². The molecule has 0 aliphatic heterocycles. The van der Waals surface area contributed by atoms with Gasteiger partial charge in [0.1, 0.15) is 0 Å². The van der Waals surface area contributed by atoms with E-state index in [4.69, 9.17) is 10.5 Å². The molecule has 0 aromatic rings. The third-order valence-electron chi connectivity index (χ3n) is 3.27. The van der Waals surface area contributed by atoms with E-state index in [0.717, 1.165) is 38.8 Å². The minimum Gasteiger partial charge on any atom is -0.383 e. The number of methoxy groups -OCH3 is 1. The molecule has 1 fully saturated rings. The number of amides is 1. The normalized spacial score (nSPS) is 18.9. The molecule has 0 atom stereocenters. The van der Waals surface area contributed by atoms with Gasteiger partial charge in [0.05, 0.1) is 12.1 Å². The Morgan fingerprint density at radius 1 is 1.24 bits per heavy atom. The van der Waals surface area contributed by atoms with Crippen LogP contribution in [0.2, 0.25) is 0 Å². The van der Waals surface area contributed by atoms with E-state index in [1.165, 1.54) is 6.42 Å². The molecule has 0 aromatic heterocycles. The van der Waals surface area contributed by atoms with Crippen LogP contribution in [0, 0.1) is 0 Å². The molecule has 1 saturated carbocycles. The average Bonchev–Trinajstić information content (AvgIpc) is 2.34. The predicted molar refractivity (Wildman–Crippen MR) is 67.8 cm³/mol. The lowest BCUT2D eigenvalue weighted by atomic mass is 9.82. The first-order valence-corrected chi connectivity index (χ1v) is 6.46. The molecule has 5 heteroatoms. The number of nitrogens with two attached hydrogens (primary N) is 1. The van der Waals surface area contributed by atoms with E-state index in [1.54, 1.807) is 7.11 Å². The highest BCUT2D eigenvalue weighted by molar-refractivity contribution is 5.86. The van der Waals surface area contributed by atoms with Crippen LogP contribution in [0.25, 0.3) is 0 Å². The first-order chi connectivity index (χ1) is 8.19. The summed E-state index contributed by atoms with van der Waals surface area (Å²) in [6.07, 6.45) is 4.96. The quantitative estimate of drug-likeness (QED) is 0.550. The van der Waals surface area contributed by atoms with E-state index in [2.05, 4.69) is 10.6 Å². The Kier molecular flexibility index (Phi) is 6.47. The SMILES string of the molecule is COCCNCCNC(=O)C1(N)CCCCC1. The van der Waals surface area contributed by atoms with Crippen molar-refractivity contribution in [1.82, 2.24) is 10.6 Å². The lowest BCUT2D eigenvalue weighted by Crippen LogP contribution is -2.55. The second-order valence-corrected chi connectivity index (χ2v) is 4.72. The second-order valence-electron chi connectivity index (χ2n) is 4.72. The van der Waals surface area contributed by atoms with E-state index in [9.17, 15) is 4.79 Å². The van der Waals surface area contributed by atoms with Gasteiger partial charge in [-0.1, -0.05) is 19.3 Å². The predicted octanol–water partition coefficient (Wildman–Crippen LogP) is 0.000200. The van der Waals surface area contributed by atoms with Gasteiger partial charge in [-0.15, -0.1) is 0 Å². The number of ether oxygens (including phenoxy) is 1. The lowest BCUT2D eigenvalue weighted by Gasteiger charge is -2.31. The molecule has 5 nitrogen and oxygen atoms in total. The maximum absolute atomic E-state index is 11.9. The largest absolute Gasteiger partial charge is 0.383 e. The van der Waals surface area contributed by atoms with Crippen LogP contribution in [0.4, 0.5) is 0 Å². The number of carbonyl (C=O) groups excluding carboxylic acids is 1. The molecule has 17 heavy (non-hydrogen) atoms. The zero-order valence-electron chi connectivity index (χ0n) is 10.8. The van der Waals surface area contributed by atoms with Gasteiger partial charge >= 0.3 is 0 Å². The van der Waals surface area contributed by atoms with Gasteiger partial charge in [0, 0.05) is 26.7 Å². The van der Waals surface area contributed by atoms with Crippen LogP contribution in [-0.2, 0) is 9.53 Å². The molecule has 0 heterocycles. The number of nitrogens with one attached hydrogen (secondary N) is 2. The molecule has 0 aromatic carbocycles. The van der Waals surface area contributed by atoms with E-state index in [-0.39, 0.29) is 5.91 Å². The zero-order chi connectivity index (χ0) is 12.6. The van der Waals surface area contributed by atoms with Crippen molar-refractivity contribution in [2.24, 2.45) is 5.73 Å². The van der Waals surface area contributed by atoms with Gasteiger partial charge in [-0.2, -0.15) is 0 Å². The van der Waals surface area contributed by atoms with Gasteiger partial charge in [0.2, 0.25) is 5.91 Å². The summed E-state index contributed by atoms with van der Waals surface area (Å²) in [6.45, 7) is 2.88. The van der Waals surface area contributed by atoms with Crippen LogP contribution in [0.3, 0.4) is 0 Å². The number of carbonyl (C=O) groups is 1. The summed E-state index contributed by atoms with van der Waals surface area (Å²) in [5.41, 5.74) is 5.49. The smallest absolute Gasteiger partial charge is 0.240 e. The van der Waals surface area contributed by atoms with Crippen molar-refractivity contribution in [3.05, 3.63) is 0 Å². The van der Waals surface area contributed by atoms with E-state index >= 15 is 0 Å². The van der Waals surface area contributed by atoms with Gasteiger partial charge in [0.25, 0.3) is 0 Å². The zero-order valence-corrected chi connectivity index (χ0v) is 10.8. The molecule has 1 aliphatic rings. The fourth-order valence-electron chi connectivity index (χ4n) is 2.15. The minimum absolute atomic E-state index is 0.00532. The van der Waals surface area contributed by atoms with Crippen LogP contribution < -0.4 is 16.4 Å². The fourth-order valence-corrected chi connectivity index (χ4v) is 2.15. The highest BCUT2D eigenvalue weighted by atomic mass is 16.5. The summed E-state index contributed by atoms with van der Waals surface area (Å²) in [7, 11) is 1.67. The molecule has 1 rings (SSSR count). The van der Waals surface area contributed by atoms with Crippen molar-refractivity contribution >= 4 is 5.91 Å². The van der Waals surface area contributed by atoms with E-state index in [1.807, 2.05) is 0 Å². The maximum atomic E-state index is 11.9. The molecule has 0 radical (unpaired) electrons. The van der Waals surface area contributed by atoms with Crippen molar-refractivity contribution in [2.45, 2.75) is 37.6 Å². The topological polar surface area (TPSA) is 76.4 Å². The molecular weight excluding hydrogens is 218 g/mol. The van der Waals surface area contributed by atoms with Crippen LogP contribution in [-0.4, -0.2) is 44.8 Å². The molecule has 0 unspecified atom stereocenters. The van der Waals surface area contributed by atoms with Gasteiger partial charge in [-0.05, 0) is 12.8 Å². The number of hydrogen-bond acceptors (Lipinski definition) is 4. The Balaban J connectivity index is 2.11. The lowest BCUT2D eigenvalue weighted by molar-refractivity contribution is -0.127. The average molecular weight is 243 g/mol. The third kappa shape index (κ3) is 5.02. The monoisotopic (exact) mass is 243 g/mol. The molecule has 0 bridgehead atoms. The molecule has 100 valence electrons. The third-order valence-corrected chi connectivity index (χ3v) is 3.27. The van der Waals surface area contributed by atoms with Crippen molar-refractivity contribution < 1.29 is 9.53 Å². The Hall–Kier alpha value is -0.650. The Morgan fingerprint density at radius 2 is 1.94 bits per heavy atom. The summed E-state index contributed by atoms with van der Waals surface area (Å²) in [6, 6.07) is 0. The first-order valence-electron chi connectivity index (χ1n) is 6.46. The van der Waals surface area contributed by atoms with Crippen LogP contribution in [0.15, 0.2) is 0 Å². The van der Waals surface area contributed by atoms with Crippen molar-refractivity contribution in [2.75, 3.05) is 33.4 Å². The summed E-state index contributed by atoms with van der Waals surface area (Å²) in [5.74, 6) is 0.00532. The molecule has 4 N–H and O–H groups in total. The highest BCUT2D eigenvalue weighted by Crippen LogP contribution is 2.25. The molecular formula is C12H25N3O2. The number of rotatable bonds is 7. The Morgan fingerprint density at radius 3 is 2.59 bits per heavy atom. The molecule has 0 saturated heterocycles. The van der Waals surface area contributed by atoms with Crippen LogP contribution in [0.5, 0.6) is 0 Å². The van der Waals surface area contributed by atoms with E-state index in [0.29, 0.717) is 13.2 Å². The van der Waals surface area contributed by atoms with Crippen molar-refractivity contribution in [1.29, 1.82) is 0 Å². The van der Waals surface area contributed by atoms with Gasteiger partial charge < -0.3 is 21.1 Å². The minimum atomic E-state index is -0.620. The highest BCUT2D eigenvalue weighted by Gasteiger charge is 2.34. The molecule has 1 aliphatic carbocycles. The van der Waals surface area contributed by atoms with Crippen molar-refractivity contribution in [3.63, 3.8) is 0 Å². The first kappa shape index (κ1) is 14.4. The summed E-state index contributed by atoms with van der Waals surface area (Å²) in [4.78, 5) is 11.9. The summed E-state index contributed by atoms with van der Waals surface area (Å²) < 4.78 is 4.91. The van der Waals surface area contributed by atoms with Gasteiger partial charge in [-0.3, -0.25) is 4.79 Å². The standard InChI is InChI=1S/C12H25N3O2/c1-17-10-9-14-7-8-15-11(16)12(13)5-3-2-4-6-12/h14H,2-10,13H2,1H3,(H,15,16). The van der Waals surface area contributed by atoms with E-state index < -0.39 is 5.54 Å². The Labute approximate surface area is 103 Å². The fraction of sp³-hybridized carbons (Fsp3) is 0.917. The summed E-state index contributed by atoms with van der Waals surface area (Å²) >= 11 is 0. The second kappa shape index (κ2) is 7.63. The Bertz CT molecular complexity index is 228. The molecule has 1 amide bonds. The molecule has 0 spiro atoms. The summed E-state index contributed by atoms with van der Waals surface area (Å²) in [5, 5.41) is 6.08. The van der Waals surface area contributed by atoms with Crippen molar-refractivity contribution in [3.8, 4) is 0 Å². The number of hydrogen-bond donors (Lipinski definition) is 3.